The summed E-state index contributed by atoms with van der Waals surface area (Å²) in [5.74, 6) is -0.355. The van der Waals surface area contributed by atoms with Crippen molar-refractivity contribution in [3.8, 4) is 0 Å². The quantitative estimate of drug-likeness (QED) is 0.437. The molecule has 0 radical (unpaired) electrons. The lowest BCUT2D eigenvalue weighted by atomic mass is 10.0. The Morgan fingerprint density at radius 1 is 1.05 bits per heavy atom. The summed E-state index contributed by atoms with van der Waals surface area (Å²) < 4.78 is -0.322. The summed E-state index contributed by atoms with van der Waals surface area (Å²) in [7, 11) is 0. The van der Waals surface area contributed by atoms with E-state index in [2.05, 4.69) is 5.32 Å². The Bertz CT molecular complexity index is 658. The Morgan fingerprint density at radius 3 is 2.36 bits per heavy atom. The number of anilines is 1. The molecule has 1 atom stereocenters. The van der Waals surface area contributed by atoms with Crippen molar-refractivity contribution in [3.05, 3.63) is 65.7 Å². The SMILES string of the molecule is O=C(Nc1ccccc1C(=O)C(I)CCO)c1ccccc1. The van der Waals surface area contributed by atoms with Gasteiger partial charge in [0.2, 0.25) is 0 Å². The van der Waals surface area contributed by atoms with Crippen molar-refractivity contribution < 1.29 is 14.7 Å². The highest BCUT2D eigenvalue weighted by atomic mass is 127. The van der Waals surface area contributed by atoms with Gasteiger partial charge < -0.3 is 10.4 Å². The third kappa shape index (κ3) is 4.14. The molecule has 0 aliphatic carbocycles. The number of para-hydroxylation sites is 1. The maximum Gasteiger partial charge on any atom is 0.255 e. The summed E-state index contributed by atoms with van der Waals surface area (Å²) >= 11 is 2.01. The Hall–Kier alpha value is -1.73. The number of hydrogen-bond donors (Lipinski definition) is 2. The number of nitrogens with one attached hydrogen (secondary N) is 1. The molecule has 4 nitrogen and oxygen atoms in total. The number of rotatable bonds is 6. The largest absolute Gasteiger partial charge is 0.396 e. The molecule has 5 heteroatoms. The molecule has 0 bridgehead atoms. The van der Waals surface area contributed by atoms with Crippen LogP contribution in [0, 0.1) is 0 Å². The number of halogens is 1. The zero-order chi connectivity index (χ0) is 15.9. The van der Waals surface area contributed by atoms with Crippen molar-refractivity contribution in [2.45, 2.75) is 10.3 Å². The van der Waals surface area contributed by atoms with E-state index in [1.807, 2.05) is 28.7 Å². The second kappa shape index (κ2) is 8.05. The molecule has 1 unspecified atom stereocenters. The number of alkyl halides is 1. The molecular formula is C17H16INO3. The average Bonchev–Trinajstić information content (AvgIpc) is 2.55. The van der Waals surface area contributed by atoms with Gasteiger partial charge in [0.1, 0.15) is 0 Å². The molecule has 0 saturated heterocycles. The van der Waals surface area contributed by atoms with Gasteiger partial charge in [-0.15, -0.1) is 0 Å². The second-order valence-electron chi connectivity index (χ2n) is 4.71. The number of aliphatic hydroxyl groups excluding tert-OH is 1. The van der Waals surface area contributed by atoms with Crippen LogP contribution in [0.25, 0.3) is 0 Å². The van der Waals surface area contributed by atoms with Crippen LogP contribution in [0.2, 0.25) is 0 Å². The summed E-state index contributed by atoms with van der Waals surface area (Å²) in [5.41, 5.74) is 1.48. The summed E-state index contributed by atoms with van der Waals surface area (Å²) in [6, 6.07) is 15.8. The van der Waals surface area contributed by atoms with Crippen molar-refractivity contribution >= 4 is 40.0 Å². The summed E-state index contributed by atoms with van der Waals surface area (Å²) in [6.45, 7) is -0.0438. The van der Waals surface area contributed by atoms with Crippen LogP contribution >= 0.6 is 22.6 Å². The van der Waals surface area contributed by atoms with E-state index >= 15 is 0 Å². The molecule has 2 aromatic carbocycles. The van der Waals surface area contributed by atoms with Crippen LogP contribution < -0.4 is 5.32 Å². The third-order valence-electron chi connectivity index (χ3n) is 3.14. The molecule has 0 spiro atoms. The number of aliphatic hydroxyl groups is 1. The molecule has 2 rings (SSSR count). The molecule has 0 saturated carbocycles. The number of ketones is 1. The molecule has 0 fully saturated rings. The third-order valence-corrected chi connectivity index (χ3v) is 4.33. The number of benzene rings is 2. The first kappa shape index (κ1) is 16.6. The van der Waals surface area contributed by atoms with Crippen molar-refractivity contribution in [2.24, 2.45) is 0 Å². The van der Waals surface area contributed by atoms with Crippen molar-refractivity contribution in [3.63, 3.8) is 0 Å². The van der Waals surface area contributed by atoms with E-state index in [-0.39, 0.29) is 22.2 Å². The minimum absolute atomic E-state index is 0.0438. The van der Waals surface area contributed by atoms with E-state index in [0.29, 0.717) is 23.2 Å². The van der Waals surface area contributed by atoms with Crippen LogP contribution in [-0.4, -0.2) is 27.3 Å². The van der Waals surface area contributed by atoms with E-state index in [4.69, 9.17) is 5.11 Å². The van der Waals surface area contributed by atoms with E-state index in [9.17, 15) is 9.59 Å². The molecule has 2 aromatic rings. The van der Waals surface area contributed by atoms with Crippen LogP contribution in [-0.2, 0) is 0 Å². The minimum Gasteiger partial charge on any atom is -0.396 e. The first-order chi connectivity index (χ1) is 10.6. The van der Waals surface area contributed by atoms with Gasteiger partial charge in [-0.25, -0.2) is 0 Å². The Kier molecular flexibility index (Phi) is 6.09. The molecule has 1 amide bonds. The van der Waals surface area contributed by atoms with Gasteiger partial charge in [0.15, 0.2) is 5.78 Å². The fraction of sp³-hybridized carbons (Fsp3) is 0.176. The normalized spacial score (nSPS) is 11.7. The van der Waals surface area contributed by atoms with Gasteiger partial charge in [0, 0.05) is 17.7 Å². The predicted octanol–water partition coefficient (Wildman–Crippen LogP) is 3.31. The molecule has 2 N–H and O–H groups in total. The number of hydrogen-bond acceptors (Lipinski definition) is 3. The lowest BCUT2D eigenvalue weighted by molar-refractivity contribution is 0.0985. The number of Topliss-reactive ketones (excluding diaryl/α,β-unsaturated/α-hetero) is 1. The number of amides is 1. The van der Waals surface area contributed by atoms with Crippen molar-refractivity contribution in [1.29, 1.82) is 0 Å². The van der Waals surface area contributed by atoms with Gasteiger partial charge in [0.25, 0.3) is 5.91 Å². The zero-order valence-electron chi connectivity index (χ0n) is 11.8. The highest BCUT2D eigenvalue weighted by Gasteiger charge is 2.20. The highest BCUT2D eigenvalue weighted by Crippen LogP contribution is 2.22. The van der Waals surface area contributed by atoms with E-state index in [0.717, 1.165) is 0 Å². The summed E-state index contributed by atoms with van der Waals surface area (Å²) in [5, 5.41) is 11.7. The van der Waals surface area contributed by atoms with Gasteiger partial charge in [-0.2, -0.15) is 0 Å². The van der Waals surface area contributed by atoms with Crippen molar-refractivity contribution in [2.75, 3.05) is 11.9 Å². The van der Waals surface area contributed by atoms with Gasteiger partial charge in [-0.3, -0.25) is 9.59 Å². The highest BCUT2D eigenvalue weighted by molar-refractivity contribution is 14.1. The Morgan fingerprint density at radius 2 is 1.68 bits per heavy atom. The molecule has 0 heterocycles. The van der Waals surface area contributed by atoms with Gasteiger partial charge in [-0.05, 0) is 30.7 Å². The Labute approximate surface area is 142 Å². The van der Waals surface area contributed by atoms with Crippen molar-refractivity contribution in [1.82, 2.24) is 0 Å². The second-order valence-corrected chi connectivity index (χ2v) is 6.21. The monoisotopic (exact) mass is 409 g/mol. The lowest BCUT2D eigenvalue weighted by Gasteiger charge is -2.13. The first-order valence-electron chi connectivity index (χ1n) is 6.88. The number of carbonyl (C=O) groups is 2. The molecule has 22 heavy (non-hydrogen) atoms. The molecule has 0 aliphatic heterocycles. The molecule has 114 valence electrons. The Balaban J connectivity index is 2.22. The van der Waals surface area contributed by atoms with Gasteiger partial charge in [-0.1, -0.05) is 52.9 Å². The van der Waals surface area contributed by atoms with E-state index in [1.165, 1.54) is 0 Å². The number of carbonyl (C=O) groups excluding carboxylic acids is 2. The molecule has 0 aromatic heterocycles. The van der Waals surface area contributed by atoms with Crippen LogP contribution in [0.5, 0.6) is 0 Å². The maximum absolute atomic E-state index is 12.4. The van der Waals surface area contributed by atoms with Crippen LogP contribution in [0.3, 0.4) is 0 Å². The predicted molar refractivity (Wildman–Crippen MR) is 94.7 cm³/mol. The molecule has 0 aliphatic rings. The van der Waals surface area contributed by atoms with Crippen LogP contribution in [0.1, 0.15) is 27.1 Å². The summed E-state index contributed by atoms with van der Waals surface area (Å²) in [4.78, 5) is 24.6. The average molecular weight is 409 g/mol. The first-order valence-corrected chi connectivity index (χ1v) is 8.12. The fourth-order valence-corrected chi connectivity index (χ4v) is 2.62. The zero-order valence-corrected chi connectivity index (χ0v) is 14.0. The van der Waals surface area contributed by atoms with Crippen LogP contribution in [0.15, 0.2) is 54.6 Å². The smallest absolute Gasteiger partial charge is 0.255 e. The topological polar surface area (TPSA) is 66.4 Å². The van der Waals surface area contributed by atoms with Crippen LogP contribution in [0.4, 0.5) is 5.69 Å². The molecular weight excluding hydrogens is 393 g/mol. The maximum atomic E-state index is 12.4. The van der Waals surface area contributed by atoms with E-state index < -0.39 is 0 Å². The fourth-order valence-electron chi connectivity index (χ4n) is 2.00. The van der Waals surface area contributed by atoms with Gasteiger partial charge >= 0.3 is 0 Å². The van der Waals surface area contributed by atoms with Gasteiger partial charge in [0.05, 0.1) is 9.61 Å². The standard InChI is InChI=1S/C17H16INO3/c18-14(10-11-20)16(21)13-8-4-5-9-15(13)19-17(22)12-6-2-1-3-7-12/h1-9,14,20H,10-11H2,(H,19,22). The minimum atomic E-state index is -0.322. The van der Waals surface area contributed by atoms with E-state index in [1.54, 1.807) is 48.5 Å². The lowest BCUT2D eigenvalue weighted by Crippen LogP contribution is -2.19. The summed E-state index contributed by atoms with van der Waals surface area (Å²) in [6.07, 6.45) is 0.389.